The lowest BCUT2D eigenvalue weighted by Crippen LogP contribution is -2.23. The number of ether oxygens (including phenoxy) is 7. The first-order valence-electron chi connectivity index (χ1n) is 26.0. The molecule has 0 amide bonds. The summed E-state index contributed by atoms with van der Waals surface area (Å²) in [7, 11) is -5.49. The predicted molar refractivity (Wildman–Crippen MR) is 323 cm³/mol. The molecule has 0 radical (unpaired) electrons. The van der Waals surface area contributed by atoms with Crippen molar-refractivity contribution in [3.05, 3.63) is 174 Å². The van der Waals surface area contributed by atoms with Gasteiger partial charge in [-0.15, -0.1) is 0 Å². The Morgan fingerprint density at radius 1 is 0.494 bits per heavy atom. The number of rotatable bonds is 26. The van der Waals surface area contributed by atoms with E-state index >= 15 is 0 Å². The summed E-state index contributed by atoms with van der Waals surface area (Å²) in [6.07, 6.45) is 9.35. The van der Waals surface area contributed by atoms with Gasteiger partial charge in [0.15, 0.2) is 46.3 Å². The quantitative estimate of drug-likeness (QED) is 0.0315. The van der Waals surface area contributed by atoms with Crippen LogP contribution in [0.4, 0.5) is 23.0 Å². The fourth-order valence-electron chi connectivity index (χ4n) is 7.54. The number of hydrogen-bond donors (Lipinski definition) is 5. The summed E-state index contributed by atoms with van der Waals surface area (Å²) in [6, 6.07) is 34.7. The zero-order valence-corrected chi connectivity index (χ0v) is 49.9. The van der Waals surface area contributed by atoms with Gasteiger partial charge in [0.2, 0.25) is 11.5 Å². The van der Waals surface area contributed by atoms with Gasteiger partial charge in [-0.05, 0) is 112 Å². The third-order valence-corrected chi connectivity index (χ3v) is 14.1. The van der Waals surface area contributed by atoms with Crippen LogP contribution in [0.3, 0.4) is 0 Å². The van der Waals surface area contributed by atoms with E-state index in [-0.39, 0.29) is 96.4 Å². The number of halogens is 1. The van der Waals surface area contributed by atoms with E-state index in [0.29, 0.717) is 44.4 Å². The van der Waals surface area contributed by atoms with Crippen molar-refractivity contribution in [3.8, 4) is 75.0 Å². The lowest BCUT2D eigenvalue weighted by Gasteiger charge is -2.18. The molecule has 0 bridgehead atoms. The molecule has 85 heavy (non-hydrogen) atoms. The number of nitrogens with one attached hydrogen (secondary N) is 4. The summed E-state index contributed by atoms with van der Waals surface area (Å²) >= 11 is 3.28. The zero-order chi connectivity index (χ0) is 60.3. The fraction of sp³-hybridized carbons (Fsp3) is 0.207. The lowest BCUT2D eigenvalue weighted by atomic mass is 10.0. The van der Waals surface area contributed by atoms with Crippen molar-refractivity contribution in [2.75, 3.05) is 59.5 Å². The molecule has 5 heterocycles. The molecule has 0 aliphatic heterocycles. The predicted octanol–water partition coefficient (Wildman–Crippen LogP) is 10.8. The second-order valence-electron chi connectivity index (χ2n) is 18.5. The standard InChI is InChI=1S/C31H30BrN7O6S.C27H29N5O6S/c1-20(2)21-8-10-24(11-9-21)38-46(40,41)39-29-27(45-26-7-5-4-6-25(26)42-3)30(37-28(36-29)22-12-14-33-15-13-22)43-16-17-44-31-34-18-23(32)19-35-31;1-18(2)19-8-10-21(11-9-19)31-39(34,35)32-26-24(38-23-7-5-4-6-22(23)36-3)27(37-17-16-33)30-25(29-26)20-12-14-28-15-13-20/h4-15,18-20,38H,16-17H2,1-3H3,(H,36,37,39);4-15,18,31,33H,16-17H2,1-3H3,(H,29,30,32). The Hall–Kier alpha value is -9.44. The van der Waals surface area contributed by atoms with Crippen LogP contribution in [0, 0.1) is 0 Å². The monoisotopic (exact) mass is 1260 g/mol. The number of aliphatic hydroxyl groups is 1. The van der Waals surface area contributed by atoms with Crippen molar-refractivity contribution in [2.24, 2.45) is 0 Å². The molecule has 27 heteroatoms. The number of methoxy groups -OCH3 is 2. The highest BCUT2D eigenvalue weighted by Gasteiger charge is 2.27. The minimum absolute atomic E-state index is 0.0266. The minimum Gasteiger partial charge on any atom is -0.493 e. The van der Waals surface area contributed by atoms with Crippen LogP contribution in [-0.4, -0.2) is 102 Å². The summed E-state index contributed by atoms with van der Waals surface area (Å²) in [5, 5.41) is 9.39. The van der Waals surface area contributed by atoms with Crippen LogP contribution in [-0.2, 0) is 20.4 Å². The van der Waals surface area contributed by atoms with Gasteiger partial charge < -0.3 is 38.3 Å². The number of pyridine rings is 2. The maximum atomic E-state index is 13.5. The van der Waals surface area contributed by atoms with Gasteiger partial charge in [-0.1, -0.05) is 76.2 Å². The van der Waals surface area contributed by atoms with E-state index in [1.54, 1.807) is 134 Å². The average molecular weight is 1260 g/mol. The number of aromatic nitrogens is 8. The second kappa shape index (κ2) is 29.2. The first-order chi connectivity index (χ1) is 41.0. The van der Waals surface area contributed by atoms with E-state index in [9.17, 15) is 21.9 Å². The summed E-state index contributed by atoms with van der Waals surface area (Å²) < 4.78 is 104. The van der Waals surface area contributed by atoms with E-state index in [2.05, 4.69) is 102 Å². The fourth-order valence-corrected chi connectivity index (χ4v) is 9.53. The molecule has 5 N–H and O–H groups in total. The van der Waals surface area contributed by atoms with E-state index < -0.39 is 20.4 Å². The van der Waals surface area contributed by atoms with Crippen molar-refractivity contribution >= 4 is 59.4 Å². The number of nitrogens with zero attached hydrogens (tertiary/aromatic N) is 8. The molecule has 24 nitrogen and oxygen atoms in total. The molecule has 9 rings (SSSR count). The zero-order valence-electron chi connectivity index (χ0n) is 46.7. The molecule has 9 aromatic rings. The van der Waals surface area contributed by atoms with Gasteiger partial charge in [-0.2, -0.15) is 26.8 Å². The van der Waals surface area contributed by atoms with Crippen LogP contribution in [0.25, 0.3) is 22.8 Å². The van der Waals surface area contributed by atoms with E-state index in [1.165, 1.54) is 14.2 Å². The smallest absolute Gasteiger partial charge is 0.322 e. The molecule has 5 aromatic heterocycles. The summed E-state index contributed by atoms with van der Waals surface area (Å²) in [6.45, 7) is 7.80. The molecular weight excluding hydrogens is 1200 g/mol. The van der Waals surface area contributed by atoms with Crippen LogP contribution in [0.2, 0.25) is 0 Å². The maximum Gasteiger partial charge on any atom is 0.322 e. The SMILES string of the molecule is COc1ccccc1Oc1c(NS(=O)(=O)Nc2ccc(C(C)C)cc2)nc(-c2ccncc2)nc1OCCO.COc1ccccc1Oc1c(NS(=O)(=O)Nc2ccc(C(C)C)cc2)nc(-c2ccncc2)nc1OCCOc1ncc(Br)cn1. The Balaban J connectivity index is 0.000000224. The van der Waals surface area contributed by atoms with E-state index in [0.717, 1.165) is 11.1 Å². The summed E-state index contributed by atoms with van der Waals surface area (Å²) in [5.41, 5.74) is 3.97. The number of para-hydroxylation sites is 4. The Kier molecular flexibility index (Phi) is 21.2. The van der Waals surface area contributed by atoms with E-state index in [4.69, 9.17) is 33.2 Å². The van der Waals surface area contributed by atoms with Crippen molar-refractivity contribution in [1.82, 2.24) is 39.9 Å². The number of anilines is 4. The van der Waals surface area contributed by atoms with Gasteiger partial charge in [0, 0.05) is 48.3 Å². The second-order valence-corrected chi connectivity index (χ2v) is 22.2. The van der Waals surface area contributed by atoms with Gasteiger partial charge >= 0.3 is 26.4 Å². The van der Waals surface area contributed by atoms with Crippen LogP contribution in [0.5, 0.6) is 52.3 Å². The molecule has 0 unspecified atom stereocenters. The van der Waals surface area contributed by atoms with Crippen molar-refractivity contribution in [2.45, 2.75) is 39.5 Å². The highest BCUT2D eigenvalue weighted by molar-refractivity contribution is 9.10. The molecule has 4 aromatic carbocycles. The van der Waals surface area contributed by atoms with Gasteiger partial charge in [0.1, 0.15) is 19.8 Å². The van der Waals surface area contributed by atoms with Gasteiger partial charge in [-0.3, -0.25) is 19.4 Å². The van der Waals surface area contributed by atoms with Crippen LogP contribution >= 0.6 is 15.9 Å². The van der Waals surface area contributed by atoms with Crippen molar-refractivity contribution in [3.63, 3.8) is 0 Å². The molecule has 442 valence electrons. The van der Waals surface area contributed by atoms with Crippen LogP contribution in [0.15, 0.2) is 163 Å². The molecule has 0 saturated heterocycles. The number of benzene rings is 4. The molecule has 0 fully saturated rings. The highest BCUT2D eigenvalue weighted by Crippen LogP contribution is 2.43. The van der Waals surface area contributed by atoms with Crippen molar-refractivity contribution in [1.29, 1.82) is 0 Å². The summed E-state index contributed by atoms with van der Waals surface area (Å²) in [4.78, 5) is 34.2. The van der Waals surface area contributed by atoms with Crippen LogP contribution in [0.1, 0.15) is 50.7 Å². The summed E-state index contributed by atoms with van der Waals surface area (Å²) in [5.74, 6) is 1.45. The third-order valence-electron chi connectivity index (χ3n) is 11.7. The topological polar surface area (TPSA) is 304 Å². The average Bonchev–Trinajstić information content (AvgIpc) is 2.05. The molecular formula is C58H59BrN12O12S2. The van der Waals surface area contributed by atoms with E-state index in [1.807, 2.05) is 24.3 Å². The third kappa shape index (κ3) is 17.5. The Morgan fingerprint density at radius 2 is 0.882 bits per heavy atom. The first-order valence-corrected chi connectivity index (χ1v) is 29.8. The molecule has 0 aliphatic carbocycles. The van der Waals surface area contributed by atoms with Gasteiger partial charge in [0.05, 0.1) is 36.7 Å². The van der Waals surface area contributed by atoms with Crippen molar-refractivity contribution < 1.29 is 55.1 Å². The normalized spacial score (nSPS) is 11.2. The largest absolute Gasteiger partial charge is 0.493 e. The Morgan fingerprint density at radius 3 is 1.27 bits per heavy atom. The molecule has 0 atom stereocenters. The lowest BCUT2D eigenvalue weighted by molar-refractivity contribution is 0.192. The van der Waals surface area contributed by atoms with Crippen LogP contribution < -0.4 is 52.0 Å². The molecule has 0 aliphatic rings. The minimum atomic E-state index is -4.25. The highest BCUT2D eigenvalue weighted by atomic mass is 79.9. The van der Waals surface area contributed by atoms with Gasteiger partial charge in [0.25, 0.3) is 11.8 Å². The van der Waals surface area contributed by atoms with Gasteiger partial charge in [-0.25, -0.2) is 29.4 Å². The maximum absolute atomic E-state index is 13.5. The molecule has 0 spiro atoms. The first kappa shape index (κ1) is 61.6. The number of aliphatic hydroxyl groups excluding tert-OH is 1. The molecule has 0 saturated carbocycles. The Labute approximate surface area is 499 Å². The Bertz CT molecular complexity index is 3870. The number of hydrogen-bond acceptors (Lipinski definition) is 20.